The summed E-state index contributed by atoms with van der Waals surface area (Å²) >= 11 is 0. The molecule has 0 aliphatic heterocycles. The van der Waals surface area contributed by atoms with Crippen LogP contribution in [0.4, 0.5) is 0 Å². The first-order valence-electron chi connectivity index (χ1n) is 10.6. The molecule has 33 heavy (non-hydrogen) atoms. The van der Waals surface area contributed by atoms with Gasteiger partial charge in [0, 0.05) is 19.2 Å². The van der Waals surface area contributed by atoms with E-state index in [-0.39, 0.29) is 24.3 Å². The Hall–Kier alpha value is -4.09. The van der Waals surface area contributed by atoms with E-state index in [9.17, 15) is 14.4 Å². The van der Waals surface area contributed by atoms with Crippen LogP contribution in [0.25, 0.3) is 22.6 Å². The highest BCUT2D eigenvalue weighted by molar-refractivity contribution is 5.71. The number of ether oxygens (including phenoxy) is 1. The van der Waals surface area contributed by atoms with Crippen LogP contribution in [0.1, 0.15) is 31.2 Å². The summed E-state index contributed by atoms with van der Waals surface area (Å²) in [4.78, 5) is 44.7. The van der Waals surface area contributed by atoms with Gasteiger partial charge in [-0.25, -0.2) is 14.6 Å². The summed E-state index contributed by atoms with van der Waals surface area (Å²) in [6, 6.07) is 7.63. The van der Waals surface area contributed by atoms with Gasteiger partial charge in [0.25, 0.3) is 5.56 Å². The van der Waals surface area contributed by atoms with Crippen molar-refractivity contribution < 1.29 is 9.53 Å². The molecule has 12 nitrogen and oxygen atoms in total. The fourth-order valence-corrected chi connectivity index (χ4v) is 3.38. The van der Waals surface area contributed by atoms with Crippen molar-refractivity contribution in [3.8, 4) is 11.4 Å². The lowest BCUT2D eigenvalue weighted by atomic mass is 10.1. The number of aromatic nitrogens is 8. The van der Waals surface area contributed by atoms with Crippen LogP contribution in [0.3, 0.4) is 0 Å². The monoisotopic (exact) mass is 452 g/mol. The quantitative estimate of drug-likeness (QED) is 0.389. The maximum atomic E-state index is 12.3. The predicted octanol–water partition coefficient (Wildman–Crippen LogP) is 0.929. The normalized spacial score (nSPS) is 11.2. The van der Waals surface area contributed by atoms with Crippen molar-refractivity contribution in [2.75, 3.05) is 0 Å². The summed E-state index contributed by atoms with van der Waals surface area (Å²) in [5.74, 6) is 0.154. The van der Waals surface area contributed by atoms with Crippen LogP contribution in [-0.4, -0.2) is 45.3 Å². The SMILES string of the molecule is CCCCn1c(=O)[nH]c(=O)c2c1nc(COC(=O)Cn1nnc(-c3ccc(C)cc3)n1)n2C. The Bertz CT molecular complexity index is 1410. The second-order valence-electron chi connectivity index (χ2n) is 7.69. The van der Waals surface area contributed by atoms with E-state index in [2.05, 4.69) is 25.4 Å². The molecule has 0 unspecified atom stereocenters. The van der Waals surface area contributed by atoms with Crippen molar-refractivity contribution >= 4 is 17.1 Å². The lowest BCUT2D eigenvalue weighted by Gasteiger charge is -2.05. The zero-order chi connectivity index (χ0) is 23.5. The van der Waals surface area contributed by atoms with Crippen molar-refractivity contribution in [1.82, 2.24) is 39.3 Å². The molecule has 0 saturated heterocycles. The third kappa shape index (κ3) is 4.59. The topological polar surface area (TPSA) is 143 Å². The molecule has 4 aromatic rings. The molecule has 0 fully saturated rings. The van der Waals surface area contributed by atoms with Crippen molar-refractivity contribution in [2.45, 2.75) is 46.4 Å². The van der Waals surface area contributed by atoms with Crippen LogP contribution in [-0.2, 0) is 36.3 Å². The fraction of sp³-hybridized carbons (Fsp3) is 0.381. The molecule has 0 bridgehead atoms. The number of aryl methyl sites for hydroxylation is 3. The molecule has 3 aromatic heterocycles. The van der Waals surface area contributed by atoms with Gasteiger partial charge in [0.15, 0.2) is 17.7 Å². The first-order valence-corrected chi connectivity index (χ1v) is 10.6. The molecule has 172 valence electrons. The van der Waals surface area contributed by atoms with Crippen LogP contribution in [0.2, 0.25) is 0 Å². The standard InChI is InChI=1S/C21H24N8O4/c1-4-5-10-28-19-17(20(31)23-21(28)32)27(3)15(22-19)12-33-16(30)11-29-25-18(24-26-29)14-8-6-13(2)7-9-14/h6-9H,4-5,10-12H2,1-3H3,(H,23,31,32). The minimum atomic E-state index is -0.591. The van der Waals surface area contributed by atoms with E-state index in [0.717, 1.165) is 28.8 Å². The number of unbranched alkanes of at least 4 members (excludes halogenated alkanes) is 1. The molecule has 0 radical (unpaired) electrons. The maximum Gasteiger partial charge on any atom is 0.330 e. The molecule has 3 heterocycles. The number of H-pyrrole nitrogens is 1. The number of hydrogen-bond acceptors (Lipinski definition) is 8. The Labute approximate surface area is 187 Å². The molecule has 0 spiro atoms. The average Bonchev–Trinajstić information content (AvgIpc) is 3.37. The van der Waals surface area contributed by atoms with E-state index in [1.165, 1.54) is 9.13 Å². The van der Waals surface area contributed by atoms with E-state index < -0.39 is 17.2 Å². The molecule has 1 aromatic carbocycles. The van der Waals surface area contributed by atoms with Crippen molar-refractivity contribution in [1.29, 1.82) is 0 Å². The molecule has 0 aliphatic rings. The summed E-state index contributed by atoms with van der Waals surface area (Å²) in [5, 5.41) is 12.1. The van der Waals surface area contributed by atoms with Crippen LogP contribution in [0, 0.1) is 6.92 Å². The van der Waals surface area contributed by atoms with Gasteiger partial charge >= 0.3 is 11.7 Å². The smallest absolute Gasteiger partial charge is 0.330 e. The number of tetrazole rings is 1. The second-order valence-corrected chi connectivity index (χ2v) is 7.69. The van der Waals surface area contributed by atoms with Crippen LogP contribution >= 0.6 is 0 Å². The first-order chi connectivity index (χ1) is 15.9. The van der Waals surface area contributed by atoms with E-state index in [1.807, 2.05) is 38.1 Å². The van der Waals surface area contributed by atoms with Gasteiger partial charge in [-0.1, -0.05) is 43.2 Å². The Morgan fingerprint density at radius 1 is 1.18 bits per heavy atom. The number of nitrogens with zero attached hydrogens (tertiary/aromatic N) is 7. The lowest BCUT2D eigenvalue weighted by molar-refractivity contribution is -0.146. The number of aromatic amines is 1. The molecular weight excluding hydrogens is 428 g/mol. The highest BCUT2D eigenvalue weighted by Crippen LogP contribution is 2.14. The minimum Gasteiger partial charge on any atom is -0.456 e. The van der Waals surface area contributed by atoms with Crippen LogP contribution in [0.15, 0.2) is 33.9 Å². The van der Waals surface area contributed by atoms with Crippen LogP contribution in [0.5, 0.6) is 0 Å². The number of esters is 1. The number of benzene rings is 1. The van der Waals surface area contributed by atoms with Gasteiger partial charge < -0.3 is 9.30 Å². The summed E-state index contributed by atoms with van der Waals surface area (Å²) < 4.78 is 8.26. The van der Waals surface area contributed by atoms with Crippen molar-refractivity contribution in [2.24, 2.45) is 7.05 Å². The number of fused-ring (bicyclic) bond motifs is 1. The Morgan fingerprint density at radius 3 is 2.67 bits per heavy atom. The zero-order valence-electron chi connectivity index (χ0n) is 18.6. The van der Waals surface area contributed by atoms with Gasteiger partial charge in [-0.05, 0) is 18.6 Å². The molecule has 1 N–H and O–H groups in total. The largest absolute Gasteiger partial charge is 0.456 e. The summed E-state index contributed by atoms with van der Waals surface area (Å²) in [6.07, 6.45) is 1.64. The summed E-state index contributed by atoms with van der Waals surface area (Å²) in [7, 11) is 1.63. The van der Waals surface area contributed by atoms with Gasteiger partial charge in [0.2, 0.25) is 5.82 Å². The lowest BCUT2D eigenvalue weighted by Crippen LogP contribution is -2.31. The van der Waals surface area contributed by atoms with E-state index in [1.54, 1.807) is 7.05 Å². The fourth-order valence-electron chi connectivity index (χ4n) is 3.38. The zero-order valence-corrected chi connectivity index (χ0v) is 18.6. The molecule has 0 aliphatic carbocycles. The van der Waals surface area contributed by atoms with Crippen LogP contribution < -0.4 is 11.2 Å². The van der Waals surface area contributed by atoms with Gasteiger partial charge in [0.1, 0.15) is 12.4 Å². The summed E-state index contributed by atoms with van der Waals surface area (Å²) in [6.45, 7) is 4.01. The minimum absolute atomic E-state index is 0.176. The molecule has 0 atom stereocenters. The number of hydrogen-bond donors (Lipinski definition) is 1. The average molecular weight is 452 g/mol. The van der Waals surface area contributed by atoms with Gasteiger partial charge in [0.05, 0.1) is 0 Å². The Balaban J connectivity index is 1.47. The van der Waals surface area contributed by atoms with Crippen molar-refractivity contribution in [3.63, 3.8) is 0 Å². The third-order valence-corrected chi connectivity index (χ3v) is 5.24. The molecule has 0 amide bonds. The van der Waals surface area contributed by atoms with Gasteiger partial charge in [-0.15, -0.1) is 10.2 Å². The predicted molar refractivity (Wildman–Crippen MR) is 118 cm³/mol. The van der Waals surface area contributed by atoms with Gasteiger partial charge in [-0.3, -0.25) is 14.3 Å². The highest BCUT2D eigenvalue weighted by Gasteiger charge is 2.18. The first kappa shape index (κ1) is 22.1. The Morgan fingerprint density at radius 2 is 1.94 bits per heavy atom. The summed E-state index contributed by atoms with van der Waals surface area (Å²) in [5.41, 5.74) is 1.37. The number of imidazole rings is 1. The van der Waals surface area contributed by atoms with Gasteiger partial charge in [-0.2, -0.15) is 4.80 Å². The Kier molecular flexibility index (Phi) is 6.16. The number of carbonyl (C=O) groups is 1. The highest BCUT2D eigenvalue weighted by atomic mass is 16.5. The number of rotatable bonds is 8. The van der Waals surface area contributed by atoms with Crippen molar-refractivity contribution in [3.05, 3.63) is 56.5 Å². The maximum absolute atomic E-state index is 12.3. The van der Waals surface area contributed by atoms with E-state index in [0.29, 0.717) is 18.2 Å². The molecule has 0 saturated carbocycles. The number of nitrogens with one attached hydrogen (secondary N) is 1. The van der Waals surface area contributed by atoms with E-state index >= 15 is 0 Å². The molecule has 12 heteroatoms. The third-order valence-electron chi connectivity index (χ3n) is 5.24. The molecule has 4 rings (SSSR count). The molecular formula is C21H24N8O4. The van der Waals surface area contributed by atoms with E-state index in [4.69, 9.17) is 4.74 Å². The number of carbonyl (C=O) groups excluding carboxylic acids is 1. The second kappa shape index (κ2) is 9.18.